The van der Waals surface area contributed by atoms with Crippen LogP contribution in [0, 0.1) is 0 Å². The van der Waals surface area contributed by atoms with Crippen molar-refractivity contribution in [2.75, 3.05) is 13.2 Å². The largest absolute Gasteiger partial charge is 0.480 e. The van der Waals surface area contributed by atoms with Gasteiger partial charge in [0.1, 0.15) is 6.04 Å². The molecule has 7 heteroatoms. The van der Waals surface area contributed by atoms with Crippen LogP contribution >= 0.6 is 0 Å². The van der Waals surface area contributed by atoms with E-state index in [2.05, 4.69) is 6.58 Å². The van der Waals surface area contributed by atoms with Crippen LogP contribution in [0.25, 0.3) is 0 Å². The summed E-state index contributed by atoms with van der Waals surface area (Å²) in [6.07, 6.45) is 1.64. The first-order valence-corrected chi connectivity index (χ1v) is 5.00. The van der Waals surface area contributed by atoms with E-state index in [9.17, 15) is 9.59 Å². The SMILES string of the molecule is C=C(CCC1CO1)C(=O)O.N[C@@H](CO)C(=O)O. The average molecular weight is 247 g/mol. The second-order valence-electron chi connectivity index (χ2n) is 3.53. The van der Waals surface area contributed by atoms with Gasteiger partial charge in [0.2, 0.25) is 0 Å². The molecule has 1 saturated heterocycles. The third kappa shape index (κ3) is 8.38. The number of aliphatic carboxylic acids is 2. The van der Waals surface area contributed by atoms with Crippen LogP contribution in [0.2, 0.25) is 0 Å². The smallest absolute Gasteiger partial charge is 0.330 e. The first-order chi connectivity index (χ1) is 7.88. The fourth-order valence-corrected chi connectivity index (χ4v) is 0.755. The van der Waals surface area contributed by atoms with Gasteiger partial charge in [-0.2, -0.15) is 0 Å². The van der Waals surface area contributed by atoms with Gasteiger partial charge in [-0.25, -0.2) is 4.79 Å². The molecule has 1 aliphatic heterocycles. The molecule has 1 fully saturated rings. The van der Waals surface area contributed by atoms with E-state index in [1.54, 1.807) is 0 Å². The van der Waals surface area contributed by atoms with Gasteiger partial charge in [-0.3, -0.25) is 4.79 Å². The molecule has 1 unspecified atom stereocenters. The minimum atomic E-state index is -1.18. The van der Waals surface area contributed by atoms with Crippen molar-refractivity contribution in [3.05, 3.63) is 12.2 Å². The monoisotopic (exact) mass is 247 g/mol. The van der Waals surface area contributed by atoms with E-state index in [0.717, 1.165) is 13.0 Å². The summed E-state index contributed by atoms with van der Waals surface area (Å²) in [6, 6.07) is -1.13. The second-order valence-corrected chi connectivity index (χ2v) is 3.53. The molecule has 5 N–H and O–H groups in total. The predicted octanol–water partition coefficient (Wildman–Crippen LogP) is -0.803. The van der Waals surface area contributed by atoms with E-state index in [0.29, 0.717) is 12.5 Å². The van der Waals surface area contributed by atoms with Gasteiger partial charge in [0, 0.05) is 5.57 Å². The van der Waals surface area contributed by atoms with E-state index in [1.165, 1.54) is 0 Å². The van der Waals surface area contributed by atoms with Gasteiger partial charge in [-0.1, -0.05) is 6.58 Å². The molecule has 7 nitrogen and oxygen atoms in total. The standard InChI is InChI=1S/C7H10O3.C3H7NO3/c1-5(7(8)9)2-3-6-4-10-6;4-2(1-5)3(6)7/h6H,1-4H2,(H,8,9);2,5H,1,4H2,(H,6,7)/t;2-/m.0/s1. The topological polar surface area (TPSA) is 133 Å². The Labute approximate surface area is 98.5 Å². The number of epoxide rings is 1. The van der Waals surface area contributed by atoms with Gasteiger partial charge in [-0.05, 0) is 12.8 Å². The van der Waals surface area contributed by atoms with Gasteiger partial charge in [0.25, 0.3) is 0 Å². The Morgan fingerprint density at radius 2 is 2.00 bits per heavy atom. The lowest BCUT2D eigenvalue weighted by Crippen LogP contribution is -2.33. The van der Waals surface area contributed by atoms with E-state index in [-0.39, 0.29) is 5.57 Å². The molecular weight excluding hydrogens is 230 g/mol. The molecule has 1 rings (SSSR count). The molecule has 0 spiro atoms. The van der Waals surface area contributed by atoms with Crippen LogP contribution in [0.4, 0.5) is 0 Å². The van der Waals surface area contributed by atoms with Crippen LogP contribution in [-0.2, 0) is 14.3 Å². The summed E-state index contributed by atoms with van der Waals surface area (Å²) in [4.78, 5) is 19.8. The average Bonchev–Trinajstić information content (AvgIpc) is 3.09. The van der Waals surface area contributed by atoms with Crippen molar-refractivity contribution in [3.63, 3.8) is 0 Å². The Morgan fingerprint density at radius 1 is 1.47 bits per heavy atom. The lowest BCUT2D eigenvalue weighted by atomic mass is 10.1. The molecule has 1 heterocycles. The zero-order chi connectivity index (χ0) is 13.4. The Bertz CT molecular complexity index is 287. The molecule has 0 aromatic carbocycles. The molecule has 0 radical (unpaired) electrons. The summed E-state index contributed by atoms with van der Waals surface area (Å²) < 4.78 is 4.90. The highest BCUT2D eigenvalue weighted by atomic mass is 16.6. The van der Waals surface area contributed by atoms with Crippen molar-refractivity contribution in [1.29, 1.82) is 0 Å². The predicted molar refractivity (Wildman–Crippen MR) is 58.4 cm³/mol. The summed E-state index contributed by atoms with van der Waals surface area (Å²) >= 11 is 0. The maximum absolute atomic E-state index is 10.2. The van der Waals surface area contributed by atoms with Crippen LogP contribution < -0.4 is 5.73 Å². The first-order valence-electron chi connectivity index (χ1n) is 5.00. The van der Waals surface area contributed by atoms with E-state index < -0.39 is 24.6 Å². The summed E-state index contributed by atoms with van der Waals surface area (Å²) in [5, 5.41) is 24.3. The van der Waals surface area contributed by atoms with Crippen LogP contribution in [-0.4, -0.2) is 52.6 Å². The van der Waals surface area contributed by atoms with Crippen LogP contribution in [0.3, 0.4) is 0 Å². The van der Waals surface area contributed by atoms with E-state index >= 15 is 0 Å². The molecule has 0 saturated carbocycles. The molecule has 0 aromatic heterocycles. The quantitative estimate of drug-likeness (QED) is 0.356. The zero-order valence-electron chi connectivity index (χ0n) is 9.33. The number of carboxylic acid groups (broad SMARTS) is 2. The van der Waals surface area contributed by atoms with Gasteiger partial charge in [-0.15, -0.1) is 0 Å². The number of aliphatic hydroxyl groups excluding tert-OH is 1. The van der Waals surface area contributed by atoms with Crippen molar-refractivity contribution < 1.29 is 29.6 Å². The minimum Gasteiger partial charge on any atom is -0.480 e. The second kappa shape index (κ2) is 7.77. The first kappa shape index (κ1) is 15.6. The summed E-state index contributed by atoms with van der Waals surface area (Å²) in [5.41, 5.74) is 5.04. The Kier molecular flexibility index (Phi) is 7.11. The van der Waals surface area contributed by atoms with Gasteiger partial charge < -0.3 is 25.8 Å². The van der Waals surface area contributed by atoms with E-state index in [4.69, 9.17) is 25.8 Å². The van der Waals surface area contributed by atoms with E-state index in [1.807, 2.05) is 0 Å². The highest BCUT2D eigenvalue weighted by Crippen LogP contribution is 2.17. The third-order valence-corrected chi connectivity index (χ3v) is 1.99. The molecule has 0 amide bonds. The number of carbonyl (C=O) groups is 2. The zero-order valence-corrected chi connectivity index (χ0v) is 9.33. The highest BCUT2D eigenvalue weighted by Gasteiger charge is 2.22. The molecule has 17 heavy (non-hydrogen) atoms. The number of ether oxygens (including phenoxy) is 1. The van der Waals surface area contributed by atoms with Crippen molar-refractivity contribution >= 4 is 11.9 Å². The number of hydrogen-bond acceptors (Lipinski definition) is 5. The molecule has 1 aliphatic rings. The van der Waals surface area contributed by atoms with Crippen LogP contribution in [0.5, 0.6) is 0 Å². The van der Waals surface area contributed by atoms with Gasteiger partial charge in [0.05, 0.1) is 19.3 Å². The molecule has 2 atom stereocenters. The molecule has 0 bridgehead atoms. The summed E-state index contributed by atoms with van der Waals surface area (Å²) in [5.74, 6) is -2.08. The van der Waals surface area contributed by atoms with Crippen LogP contribution in [0.1, 0.15) is 12.8 Å². The van der Waals surface area contributed by atoms with Crippen molar-refractivity contribution in [1.82, 2.24) is 0 Å². The molecule has 98 valence electrons. The maximum atomic E-state index is 10.2. The third-order valence-electron chi connectivity index (χ3n) is 1.99. The number of aliphatic hydroxyl groups is 1. The normalized spacial score (nSPS) is 18.6. The van der Waals surface area contributed by atoms with Crippen molar-refractivity contribution in [3.8, 4) is 0 Å². The van der Waals surface area contributed by atoms with Gasteiger partial charge >= 0.3 is 11.9 Å². The summed E-state index contributed by atoms with van der Waals surface area (Å²) in [6.45, 7) is 3.68. The van der Waals surface area contributed by atoms with Gasteiger partial charge in [0.15, 0.2) is 0 Å². The molecule has 0 aromatic rings. The maximum Gasteiger partial charge on any atom is 0.330 e. The molecular formula is C10H17NO6. The highest BCUT2D eigenvalue weighted by molar-refractivity contribution is 5.85. The fourth-order valence-electron chi connectivity index (χ4n) is 0.755. The summed E-state index contributed by atoms with van der Waals surface area (Å²) in [7, 11) is 0. The lowest BCUT2D eigenvalue weighted by molar-refractivity contribution is -0.139. The number of hydrogen-bond donors (Lipinski definition) is 4. The van der Waals surface area contributed by atoms with Crippen molar-refractivity contribution in [2.45, 2.75) is 25.0 Å². The molecule has 0 aliphatic carbocycles. The Balaban J connectivity index is 0.000000325. The minimum absolute atomic E-state index is 0.274. The van der Waals surface area contributed by atoms with Crippen molar-refractivity contribution in [2.24, 2.45) is 5.73 Å². The number of carboxylic acids is 2. The number of nitrogens with two attached hydrogens (primary N) is 1. The fraction of sp³-hybridized carbons (Fsp3) is 0.600. The lowest BCUT2D eigenvalue weighted by Gasteiger charge is -1.96. The number of rotatable bonds is 6. The Hall–Kier alpha value is -1.44. The Morgan fingerprint density at radius 3 is 2.24 bits per heavy atom. The van der Waals surface area contributed by atoms with Crippen LogP contribution in [0.15, 0.2) is 12.2 Å².